The molecule has 2 N–H and O–H groups in total. The molecule has 0 aliphatic carbocycles. The molecule has 1 aliphatic heterocycles. The van der Waals surface area contributed by atoms with Crippen molar-refractivity contribution in [2.24, 2.45) is 0 Å². The first-order valence-corrected chi connectivity index (χ1v) is 8.58. The number of aromatic nitrogens is 1. The number of benzene rings is 1. The molecule has 3 rings (SSSR count). The Labute approximate surface area is 116 Å². The minimum atomic E-state index is 0.790. The van der Waals surface area contributed by atoms with Crippen LogP contribution in [0.3, 0.4) is 0 Å². The second-order valence-corrected chi connectivity index (χ2v) is 7.16. The van der Waals surface area contributed by atoms with Crippen molar-refractivity contribution < 1.29 is 0 Å². The SMILES string of the molecule is c1cc2ccc(CNCC3CSCCS3)cc2[nH]1. The van der Waals surface area contributed by atoms with E-state index in [1.54, 1.807) is 0 Å². The maximum absolute atomic E-state index is 3.58. The fourth-order valence-corrected chi connectivity index (χ4v) is 4.88. The summed E-state index contributed by atoms with van der Waals surface area (Å²) in [4.78, 5) is 3.26. The van der Waals surface area contributed by atoms with Crippen molar-refractivity contribution in [3.8, 4) is 0 Å². The van der Waals surface area contributed by atoms with Crippen LogP contribution in [0.1, 0.15) is 5.56 Å². The van der Waals surface area contributed by atoms with E-state index < -0.39 is 0 Å². The number of thioether (sulfide) groups is 2. The topological polar surface area (TPSA) is 27.8 Å². The van der Waals surface area contributed by atoms with Crippen LogP contribution in [0.2, 0.25) is 0 Å². The molecule has 1 atom stereocenters. The van der Waals surface area contributed by atoms with Crippen molar-refractivity contribution in [3.05, 3.63) is 36.0 Å². The molecule has 2 aromatic rings. The maximum atomic E-state index is 3.58. The molecule has 1 unspecified atom stereocenters. The van der Waals surface area contributed by atoms with E-state index in [2.05, 4.69) is 58.1 Å². The van der Waals surface area contributed by atoms with Crippen LogP contribution in [0, 0.1) is 0 Å². The fourth-order valence-electron chi connectivity index (χ4n) is 2.24. The van der Waals surface area contributed by atoms with Crippen LogP contribution in [0.4, 0.5) is 0 Å². The van der Waals surface area contributed by atoms with Crippen molar-refractivity contribution >= 4 is 34.4 Å². The number of H-pyrrole nitrogens is 1. The molecule has 18 heavy (non-hydrogen) atoms. The van der Waals surface area contributed by atoms with E-state index in [1.165, 1.54) is 33.7 Å². The molecule has 0 radical (unpaired) electrons. The number of fused-ring (bicyclic) bond motifs is 1. The van der Waals surface area contributed by atoms with E-state index in [-0.39, 0.29) is 0 Å². The predicted octanol–water partition coefficient (Wildman–Crippen LogP) is 3.11. The molecule has 1 aromatic heterocycles. The molecule has 0 bridgehead atoms. The van der Waals surface area contributed by atoms with Crippen molar-refractivity contribution in [1.29, 1.82) is 0 Å². The van der Waals surface area contributed by atoms with Crippen LogP contribution in [0.15, 0.2) is 30.5 Å². The third-order valence-electron chi connectivity index (χ3n) is 3.21. The Kier molecular flexibility index (Phi) is 4.18. The molecule has 1 fully saturated rings. The van der Waals surface area contributed by atoms with Gasteiger partial charge in [-0.25, -0.2) is 0 Å². The summed E-state index contributed by atoms with van der Waals surface area (Å²) in [6.45, 7) is 2.09. The monoisotopic (exact) mass is 278 g/mol. The number of hydrogen-bond donors (Lipinski definition) is 2. The Morgan fingerprint density at radius 1 is 1.28 bits per heavy atom. The van der Waals surface area contributed by atoms with Crippen LogP contribution in [0.25, 0.3) is 10.9 Å². The Balaban J connectivity index is 1.52. The molecule has 0 amide bonds. The van der Waals surface area contributed by atoms with Gasteiger partial charge in [0, 0.05) is 47.3 Å². The minimum Gasteiger partial charge on any atom is -0.361 e. The van der Waals surface area contributed by atoms with Crippen LogP contribution in [-0.4, -0.2) is 34.0 Å². The van der Waals surface area contributed by atoms with Gasteiger partial charge < -0.3 is 10.3 Å². The van der Waals surface area contributed by atoms with Crippen LogP contribution < -0.4 is 5.32 Å². The highest BCUT2D eigenvalue weighted by Gasteiger charge is 2.13. The standard InChI is InChI=1S/C14H18N2S2/c1-2-12-3-4-16-14(12)7-11(1)8-15-9-13-10-17-5-6-18-13/h1-4,7,13,15-16H,5-6,8-10H2. The van der Waals surface area contributed by atoms with E-state index in [0.29, 0.717) is 0 Å². The van der Waals surface area contributed by atoms with Gasteiger partial charge in [-0.1, -0.05) is 12.1 Å². The average molecular weight is 278 g/mol. The summed E-state index contributed by atoms with van der Waals surface area (Å²) in [5.41, 5.74) is 2.59. The van der Waals surface area contributed by atoms with E-state index in [1.807, 2.05) is 6.20 Å². The number of hydrogen-bond acceptors (Lipinski definition) is 3. The molecule has 1 aromatic carbocycles. The van der Waals surface area contributed by atoms with Crippen molar-refractivity contribution in [3.63, 3.8) is 0 Å². The largest absolute Gasteiger partial charge is 0.361 e. The Hall–Kier alpha value is -0.580. The molecular weight excluding hydrogens is 260 g/mol. The summed E-state index contributed by atoms with van der Waals surface area (Å²) in [5.74, 6) is 3.93. The maximum Gasteiger partial charge on any atom is 0.0457 e. The van der Waals surface area contributed by atoms with Gasteiger partial charge in [0.15, 0.2) is 0 Å². The van der Waals surface area contributed by atoms with Crippen molar-refractivity contribution in [2.75, 3.05) is 23.8 Å². The molecule has 1 saturated heterocycles. The van der Waals surface area contributed by atoms with Crippen molar-refractivity contribution in [1.82, 2.24) is 10.3 Å². The smallest absolute Gasteiger partial charge is 0.0457 e. The zero-order valence-electron chi connectivity index (χ0n) is 10.3. The van der Waals surface area contributed by atoms with Gasteiger partial charge in [0.2, 0.25) is 0 Å². The Bertz CT molecular complexity index is 503. The van der Waals surface area contributed by atoms with Gasteiger partial charge in [0.25, 0.3) is 0 Å². The minimum absolute atomic E-state index is 0.790. The van der Waals surface area contributed by atoms with Crippen molar-refractivity contribution in [2.45, 2.75) is 11.8 Å². The van der Waals surface area contributed by atoms with Gasteiger partial charge in [-0.2, -0.15) is 23.5 Å². The number of aromatic amines is 1. The van der Waals surface area contributed by atoms with E-state index in [4.69, 9.17) is 0 Å². The summed E-state index contributed by atoms with van der Waals surface area (Å²) < 4.78 is 0. The highest BCUT2D eigenvalue weighted by Crippen LogP contribution is 2.23. The van der Waals surface area contributed by atoms with Gasteiger partial charge in [0.05, 0.1) is 0 Å². The summed E-state index contributed by atoms with van der Waals surface area (Å²) in [6, 6.07) is 8.76. The van der Waals surface area contributed by atoms with Gasteiger partial charge in [-0.3, -0.25) is 0 Å². The van der Waals surface area contributed by atoms with Crippen LogP contribution in [-0.2, 0) is 6.54 Å². The molecule has 4 heteroatoms. The predicted molar refractivity (Wildman–Crippen MR) is 83.6 cm³/mol. The third kappa shape index (κ3) is 3.05. The quantitative estimate of drug-likeness (QED) is 0.900. The Morgan fingerprint density at radius 3 is 3.17 bits per heavy atom. The fraction of sp³-hybridized carbons (Fsp3) is 0.429. The number of nitrogens with one attached hydrogen (secondary N) is 2. The zero-order chi connectivity index (χ0) is 12.2. The van der Waals surface area contributed by atoms with Gasteiger partial charge in [-0.15, -0.1) is 0 Å². The molecule has 2 heterocycles. The van der Waals surface area contributed by atoms with E-state index in [0.717, 1.165) is 18.3 Å². The molecule has 0 saturated carbocycles. The lowest BCUT2D eigenvalue weighted by atomic mass is 10.1. The highest BCUT2D eigenvalue weighted by molar-refractivity contribution is 8.06. The van der Waals surface area contributed by atoms with E-state index in [9.17, 15) is 0 Å². The number of rotatable bonds is 4. The second-order valence-electron chi connectivity index (χ2n) is 4.60. The lowest BCUT2D eigenvalue weighted by Crippen LogP contribution is -2.28. The lowest BCUT2D eigenvalue weighted by molar-refractivity contribution is 0.686. The summed E-state index contributed by atoms with van der Waals surface area (Å²) in [6.07, 6.45) is 2.00. The van der Waals surface area contributed by atoms with Gasteiger partial charge in [-0.05, 0) is 23.1 Å². The normalized spacial score (nSPS) is 20.3. The first kappa shape index (κ1) is 12.5. The Morgan fingerprint density at radius 2 is 2.28 bits per heavy atom. The van der Waals surface area contributed by atoms with Gasteiger partial charge in [0.1, 0.15) is 0 Å². The zero-order valence-corrected chi connectivity index (χ0v) is 11.9. The molecule has 0 spiro atoms. The van der Waals surface area contributed by atoms with Crippen LogP contribution in [0.5, 0.6) is 0 Å². The lowest BCUT2D eigenvalue weighted by Gasteiger charge is -2.21. The molecule has 1 aliphatic rings. The first-order chi connectivity index (χ1) is 8.92. The summed E-state index contributed by atoms with van der Waals surface area (Å²) in [7, 11) is 0. The average Bonchev–Trinajstić information content (AvgIpc) is 2.87. The molecule has 96 valence electrons. The molecule has 2 nitrogen and oxygen atoms in total. The van der Waals surface area contributed by atoms with Crippen LogP contribution >= 0.6 is 23.5 Å². The summed E-state index contributed by atoms with van der Waals surface area (Å²) >= 11 is 4.20. The second kappa shape index (κ2) is 6.04. The van der Waals surface area contributed by atoms with E-state index >= 15 is 0 Å². The summed E-state index contributed by atoms with van der Waals surface area (Å²) in [5, 5.41) is 5.66. The first-order valence-electron chi connectivity index (χ1n) is 6.38. The third-order valence-corrected chi connectivity index (χ3v) is 6.05. The molecular formula is C14H18N2S2. The van der Waals surface area contributed by atoms with Gasteiger partial charge >= 0.3 is 0 Å². The highest BCUT2D eigenvalue weighted by atomic mass is 32.2.